The molecule has 4 aliphatic rings. The van der Waals surface area contributed by atoms with E-state index in [0.29, 0.717) is 12.8 Å². The van der Waals surface area contributed by atoms with E-state index in [1.165, 1.54) is 19.4 Å². The second-order valence-electron chi connectivity index (χ2n) is 9.81. The summed E-state index contributed by atoms with van der Waals surface area (Å²) in [6.45, 7) is 0.267. The molecule has 35 heavy (non-hydrogen) atoms. The summed E-state index contributed by atoms with van der Waals surface area (Å²) in [6, 6.07) is 3.27. The van der Waals surface area contributed by atoms with Crippen molar-refractivity contribution in [3.05, 3.63) is 63.1 Å². The normalized spacial score (nSPS) is 26.0. The van der Waals surface area contributed by atoms with Gasteiger partial charge in [0.25, 0.3) is 11.8 Å². The highest BCUT2D eigenvalue weighted by atomic mass is 19.1. The molecule has 1 aromatic heterocycles. The van der Waals surface area contributed by atoms with E-state index in [9.17, 15) is 23.2 Å². The minimum atomic E-state index is -1.01. The molecule has 2 saturated carbocycles. The number of rotatable bonds is 4. The fraction of sp³-hybridized carbons (Fsp3) is 0.480. The molecule has 1 unspecified atom stereocenters. The van der Waals surface area contributed by atoms with E-state index in [1.54, 1.807) is 9.47 Å². The van der Waals surface area contributed by atoms with Gasteiger partial charge < -0.3 is 24.3 Å². The first kappa shape index (κ1) is 22.2. The second-order valence-corrected chi connectivity index (χ2v) is 9.81. The number of hydrogen-bond acceptors (Lipinski definition) is 5. The lowest BCUT2D eigenvalue weighted by Crippen LogP contribution is -2.61. The molecule has 184 valence electrons. The molecular weight excluding hydrogens is 460 g/mol. The molecule has 1 N–H and O–H groups in total. The molecule has 1 aromatic carbocycles. The Morgan fingerprint density at radius 3 is 2.74 bits per heavy atom. The van der Waals surface area contributed by atoms with Crippen LogP contribution in [0.25, 0.3) is 0 Å². The predicted molar refractivity (Wildman–Crippen MR) is 119 cm³/mol. The molecule has 3 atom stereocenters. The fourth-order valence-corrected chi connectivity index (χ4v) is 5.84. The summed E-state index contributed by atoms with van der Waals surface area (Å²) in [5, 5.41) is 2.76. The van der Waals surface area contributed by atoms with E-state index >= 15 is 0 Å². The number of carbonyl (C=O) groups excluding carboxylic acids is 2. The van der Waals surface area contributed by atoms with Gasteiger partial charge in [0.05, 0.1) is 25.3 Å². The van der Waals surface area contributed by atoms with Crippen LogP contribution in [0.4, 0.5) is 8.78 Å². The van der Waals surface area contributed by atoms with E-state index in [0.717, 1.165) is 37.8 Å². The Balaban J connectivity index is 1.36. The predicted octanol–water partition coefficient (Wildman–Crippen LogP) is 2.68. The zero-order valence-corrected chi connectivity index (χ0v) is 19.2. The summed E-state index contributed by atoms with van der Waals surface area (Å²) in [4.78, 5) is 41.7. The molecule has 1 saturated heterocycles. The van der Waals surface area contributed by atoms with Crippen LogP contribution in [-0.2, 0) is 16.8 Å². The number of nitrogens with zero attached hydrogens (tertiary/aromatic N) is 2. The molecule has 6 rings (SSSR count). The first-order valence-electron chi connectivity index (χ1n) is 11.9. The van der Waals surface area contributed by atoms with Crippen LogP contribution >= 0.6 is 0 Å². The summed E-state index contributed by atoms with van der Waals surface area (Å²) in [5.41, 5.74) is -1.66. The summed E-state index contributed by atoms with van der Waals surface area (Å²) in [5.74, 6) is -2.72. The fourth-order valence-electron chi connectivity index (χ4n) is 5.84. The van der Waals surface area contributed by atoms with Crippen molar-refractivity contribution in [1.82, 2.24) is 14.8 Å². The zero-order valence-electron chi connectivity index (χ0n) is 19.2. The molecule has 3 heterocycles. The maximum Gasteiger partial charge on any atom is 0.276 e. The highest BCUT2D eigenvalue weighted by Crippen LogP contribution is 2.47. The van der Waals surface area contributed by atoms with Gasteiger partial charge in [-0.1, -0.05) is 6.07 Å². The highest BCUT2D eigenvalue weighted by molar-refractivity contribution is 5.99. The zero-order chi connectivity index (χ0) is 24.5. The number of methoxy groups -OCH3 is 1. The van der Waals surface area contributed by atoms with Gasteiger partial charge in [0.2, 0.25) is 5.43 Å². The van der Waals surface area contributed by atoms with Crippen LogP contribution < -0.4 is 15.5 Å². The van der Waals surface area contributed by atoms with Gasteiger partial charge in [-0.05, 0) is 44.6 Å². The van der Waals surface area contributed by atoms with Crippen molar-refractivity contribution in [3.63, 3.8) is 0 Å². The number of carbonyl (C=O) groups is 2. The topological polar surface area (TPSA) is 89.9 Å². The summed E-state index contributed by atoms with van der Waals surface area (Å²) < 4.78 is 40.9. The van der Waals surface area contributed by atoms with Crippen molar-refractivity contribution in [2.75, 3.05) is 7.11 Å². The SMILES string of the molecule is COc1c2n(cc(C(=O)NC3(c4ccc(F)cc4F)CC3)c1=O)CC1O[C@@H]3CCC[C@@H](C3)N1C2=O. The van der Waals surface area contributed by atoms with Gasteiger partial charge in [-0.25, -0.2) is 8.78 Å². The summed E-state index contributed by atoms with van der Waals surface area (Å²) >= 11 is 0. The molecule has 2 aliphatic carbocycles. The Bertz CT molecular complexity index is 1300. The van der Waals surface area contributed by atoms with E-state index in [2.05, 4.69) is 5.32 Å². The van der Waals surface area contributed by atoms with Crippen molar-refractivity contribution in [2.24, 2.45) is 0 Å². The Morgan fingerprint density at radius 2 is 2.03 bits per heavy atom. The number of pyridine rings is 1. The molecule has 2 bridgehead atoms. The van der Waals surface area contributed by atoms with Crippen LogP contribution in [0.1, 0.15) is 64.9 Å². The maximum absolute atomic E-state index is 14.4. The van der Waals surface area contributed by atoms with Crippen molar-refractivity contribution < 1.29 is 27.8 Å². The van der Waals surface area contributed by atoms with Gasteiger partial charge in [-0.15, -0.1) is 0 Å². The largest absolute Gasteiger partial charge is 0.491 e. The third-order valence-corrected chi connectivity index (χ3v) is 7.68. The number of ether oxygens (including phenoxy) is 2. The number of hydrogen-bond donors (Lipinski definition) is 1. The van der Waals surface area contributed by atoms with E-state index < -0.39 is 34.7 Å². The number of nitrogens with one attached hydrogen (secondary N) is 1. The van der Waals surface area contributed by atoms with Crippen LogP contribution in [0.15, 0.2) is 29.2 Å². The van der Waals surface area contributed by atoms with Gasteiger partial charge in [-0.3, -0.25) is 14.4 Å². The highest BCUT2D eigenvalue weighted by Gasteiger charge is 2.49. The number of amides is 2. The van der Waals surface area contributed by atoms with Crippen LogP contribution in [0, 0.1) is 11.6 Å². The molecule has 2 amide bonds. The summed E-state index contributed by atoms with van der Waals surface area (Å²) in [7, 11) is 1.29. The average Bonchev–Trinajstić information content (AvgIpc) is 3.59. The first-order chi connectivity index (χ1) is 16.8. The smallest absolute Gasteiger partial charge is 0.276 e. The molecule has 2 aromatic rings. The van der Waals surface area contributed by atoms with Crippen LogP contribution in [0.3, 0.4) is 0 Å². The quantitative estimate of drug-likeness (QED) is 0.719. The van der Waals surface area contributed by atoms with Gasteiger partial charge >= 0.3 is 0 Å². The minimum Gasteiger partial charge on any atom is -0.491 e. The van der Waals surface area contributed by atoms with E-state index in [-0.39, 0.29) is 47.2 Å². The molecule has 0 spiro atoms. The lowest BCUT2D eigenvalue weighted by Gasteiger charge is -2.50. The van der Waals surface area contributed by atoms with Crippen molar-refractivity contribution in [3.8, 4) is 5.75 Å². The number of benzene rings is 1. The Hall–Kier alpha value is -3.27. The number of fused-ring (bicyclic) bond motifs is 5. The van der Waals surface area contributed by atoms with Crippen molar-refractivity contribution in [2.45, 2.75) is 69.0 Å². The summed E-state index contributed by atoms with van der Waals surface area (Å²) in [6.07, 6.45) is 5.47. The Kier molecular flexibility index (Phi) is 5.00. The molecular formula is C25H25F2N3O5. The number of aromatic nitrogens is 1. The van der Waals surface area contributed by atoms with Gasteiger partial charge in [0, 0.05) is 23.9 Å². The van der Waals surface area contributed by atoms with Gasteiger partial charge in [0.1, 0.15) is 17.2 Å². The van der Waals surface area contributed by atoms with Gasteiger partial charge in [-0.2, -0.15) is 0 Å². The van der Waals surface area contributed by atoms with E-state index in [4.69, 9.17) is 9.47 Å². The van der Waals surface area contributed by atoms with Crippen molar-refractivity contribution in [1.29, 1.82) is 0 Å². The number of halogens is 2. The first-order valence-corrected chi connectivity index (χ1v) is 11.9. The van der Waals surface area contributed by atoms with Crippen LogP contribution in [0.2, 0.25) is 0 Å². The molecule has 10 heteroatoms. The lowest BCUT2D eigenvalue weighted by molar-refractivity contribution is -0.170. The molecule has 3 fully saturated rings. The lowest BCUT2D eigenvalue weighted by atomic mass is 9.89. The molecule has 8 nitrogen and oxygen atoms in total. The minimum absolute atomic E-state index is 0.0527. The van der Waals surface area contributed by atoms with Crippen LogP contribution in [0.5, 0.6) is 5.75 Å². The molecule has 0 radical (unpaired) electrons. The van der Waals surface area contributed by atoms with Gasteiger partial charge in [0.15, 0.2) is 17.7 Å². The third-order valence-electron chi connectivity index (χ3n) is 7.68. The monoisotopic (exact) mass is 485 g/mol. The Morgan fingerprint density at radius 1 is 1.23 bits per heavy atom. The third kappa shape index (κ3) is 3.45. The molecule has 2 aliphatic heterocycles. The van der Waals surface area contributed by atoms with Crippen LogP contribution in [-0.4, -0.2) is 46.8 Å². The average molecular weight is 485 g/mol. The second kappa shape index (κ2) is 7.87. The Labute approximate surface area is 199 Å². The van der Waals surface area contributed by atoms with Crippen molar-refractivity contribution >= 4 is 11.8 Å². The standard InChI is InChI=1S/C25H25F2N3O5/c1-34-22-20-24(33)30-14-3-2-4-15(10-14)35-19(30)12-29(20)11-16(21(22)31)23(32)28-25(7-8-25)17-6-5-13(26)9-18(17)27/h5-6,9,11,14-15,19H,2-4,7-8,10,12H2,1H3,(H,28,32)/t14-,15+,19?/m0/s1. The van der Waals surface area contributed by atoms with E-state index in [1.807, 2.05) is 0 Å². The maximum atomic E-state index is 14.4.